The third kappa shape index (κ3) is 1.41. The predicted molar refractivity (Wildman–Crippen MR) is 60.6 cm³/mol. The number of carbonyl (C=O) groups is 1. The molecular weight excluding hydrogens is 202 g/mol. The van der Waals surface area contributed by atoms with Crippen molar-refractivity contribution in [2.24, 2.45) is 0 Å². The monoisotopic (exact) mass is 211 g/mol. The fourth-order valence-corrected chi connectivity index (χ4v) is 1.78. The molecule has 0 saturated carbocycles. The van der Waals surface area contributed by atoms with Gasteiger partial charge in [0.15, 0.2) is 6.29 Å². The molecule has 3 nitrogen and oxygen atoms in total. The lowest BCUT2D eigenvalue weighted by atomic mass is 10.0. The number of rotatable bonds is 2. The van der Waals surface area contributed by atoms with Gasteiger partial charge in [0.2, 0.25) is 0 Å². The van der Waals surface area contributed by atoms with E-state index >= 15 is 0 Å². The quantitative estimate of drug-likeness (QED) is 0.717. The number of aldehydes is 1. The van der Waals surface area contributed by atoms with E-state index < -0.39 is 0 Å². The number of nitrogens with zero attached hydrogens (tertiary/aromatic N) is 1. The summed E-state index contributed by atoms with van der Waals surface area (Å²) in [5, 5.41) is 10.6. The smallest absolute Gasteiger partial charge is 0.154 e. The van der Waals surface area contributed by atoms with Crippen LogP contribution < -0.4 is 4.74 Å². The number of hydrogen-bond acceptors (Lipinski definition) is 3. The first-order valence-electron chi connectivity index (χ1n) is 4.77. The van der Waals surface area contributed by atoms with Crippen LogP contribution in [0.15, 0.2) is 30.3 Å². The van der Waals surface area contributed by atoms with Gasteiger partial charge in [0.25, 0.3) is 0 Å². The van der Waals surface area contributed by atoms with Gasteiger partial charge in [-0.2, -0.15) is 5.26 Å². The molecule has 3 heteroatoms. The van der Waals surface area contributed by atoms with Crippen LogP contribution in [0.5, 0.6) is 5.75 Å². The van der Waals surface area contributed by atoms with Crippen LogP contribution in [0, 0.1) is 11.3 Å². The van der Waals surface area contributed by atoms with Gasteiger partial charge >= 0.3 is 0 Å². The summed E-state index contributed by atoms with van der Waals surface area (Å²) in [5.74, 6) is 0.344. The maximum Gasteiger partial charge on any atom is 0.154 e. The van der Waals surface area contributed by atoms with E-state index in [1.807, 2.05) is 30.3 Å². The second-order valence-electron chi connectivity index (χ2n) is 3.32. The van der Waals surface area contributed by atoms with Gasteiger partial charge in [0, 0.05) is 0 Å². The molecule has 0 fully saturated rings. The minimum atomic E-state index is 0.344. The zero-order valence-corrected chi connectivity index (χ0v) is 8.73. The molecule has 0 N–H and O–H groups in total. The number of fused-ring (bicyclic) bond motifs is 1. The van der Waals surface area contributed by atoms with Crippen LogP contribution in [0.1, 0.15) is 15.9 Å². The van der Waals surface area contributed by atoms with Crippen molar-refractivity contribution < 1.29 is 9.53 Å². The Kier molecular flexibility index (Phi) is 2.57. The summed E-state index contributed by atoms with van der Waals surface area (Å²) in [4.78, 5) is 11.1. The van der Waals surface area contributed by atoms with Gasteiger partial charge in [-0.05, 0) is 16.8 Å². The van der Waals surface area contributed by atoms with Gasteiger partial charge in [-0.15, -0.1) is 0 Å². The van der Waals surface area contributed by atoms with Crippen LogP contribution in [0.25, 0.3) is 10.8 Å². The van der Waals surface area contributed by atoms with E-state index in [1.54, 1.807) is 6.07 Å². The van der Waals surface area contributed by atoms with Crippen LogP contribution in [-0.4, -0.2) is 13.4 Å². The van der Waals surface area contributed by atoms with Crippen molar-refractivity contribution >= 4 is 17.1 Å². The van der Waals surface area contributed by atoms with Crippen molar-refractivity contribution in [2.75, 3.05) is 7.11 Å². The van der Waals surface area contributed by atoms with Gasteiger partial charge in [-0.25, -0.2) is 0 Å². The highest BCUT2D eigenvalue weighted by molar-refractivity contribution is 6.02. The lowest BCUT2D eigenvalue weighted by Crippen LogP contribution is -1.95. The summed E-state index contributed by atoms with van der Waals surface area (Å²) in [6.45, 7) is 0. The SMILES string of the molecule is COc1c(C#N)cc2ccccc2c1C=O. The summed E-state index contributed by atoms with van der Waals surface area (Å²) in [7, 11) is 1.46. The Morgan fingerprint density at radius 1 is 1.38 bits per heavy atom. The zero-order valence-electron chi connectivity index (χ0n) is 8.73. The van der Waals surface area contributed by atoms with Crippen LogP contribution >= 0.6 is 0 Å². The van der Waals surface area contributed by atoms with Crippen molar-refractivity contribution in [3.63, 3.8) is 0 Å². The summed E-state index contributed by atoms with van der Waals surface area (Å²) >= 11 is 0. The molecule has 0 aliphatic carbocycles. The highest BCUT2D eigenvalue weighted by atomic mass is 16.5. The first-order chi connectivity index (χ1) is 7.81. The topological polar surface area (TPSA) is 50.1 Å². The van der Waals surface area contributed by atoms with Crippen molar-refractivity contribution in [3.05, 3.63) is 41.5 Å². The maximum atomic E-state index is 11.1. The Bertz CT molecular complexity index is 597. The van der Waals surface area contributed by atoms with E-state index in [9.17, 15) is 4.79 Å². The highest BCUT2D eigenvalue weighted by Crippen LogP contribution is 2.30. The average Bonchev–Trinajstić information content (AvgIpc) is 2.36. The minimum Gasteiger partial charge on any atom is -0.495 e. The second kappa shape index (κ2) is 4.03. The Morgan fingerprint density at radius 2 is 2.12 bits per heavy atom. The molecule has 0 bridgehead atoms. The maximum absolute atomic E-state index is 11.1. The van der Waals surface area contributed by atoms with Crippen LogP contribution in [0.2, 0.25) is 0 Å². The van der Waals surface area contributed by atoms with Gasteiger partial charge < -0.3 is 4.74 Å². The summed E-state index contributed by atoms with van der Waals surface area (Å²) in [6.07, 6.45) is 0.724. The number of methoxy groups -OCH3 is 1. The molecule has 0 radical (unpaired) electrons. The number of ether oxygens (including phenoxy) is 1. The number of nitriles is 1. The van der Waals surface area contributed by atoms with Crippen molar-refractivity contribution in [3.8, 4) is 11.8 Å². The Labute approximate surface area is 92.9 Å². The third-order valence-corrected chi connectivity index (χ3v) is 2.48. The standard InChI is InChI=1S/C13H9NO2/c1-16-13-10(7-14)6-9-4-2-3-5-11(9)12(13)8-15/h2-6,8H,1H3. The van der Waals surface area contributed by atoms with Crippen molar-refractivity contribution in [1.29, 1.82) is 5.26 Å². The number of benzene rings is 2. The van der Waals surface area contributed by atoms with Crippen LogP contribution in [0.4, 0.5) is 0 Å². The number of hydrogen-bond donors (Lipinski definition) is 0. The second-order valence-corrected chi connectivity index (χ2v) is 3.32. The van der Waals surface area contributed by atoms with Crippen LogP contribution in [-0.2, 0) is 0 Å². The number of carbonyl (C=O) groups excluding carboxylic acids is 1. The Morgan fingerprint density at radius 3 is 2.75 bits per heavy atom. The molecule has 0 spiro atoms. The van der Waals surface area contributed by atoms with E-state index in [1.165, 1.54) is 7.11 Å². The van der Waals surface area contributed by atoms with E-state index in [-0.39, 0.29) is 0 Å². The molecule has 2 rings (SSSR count). The van der Waals surface area contributed by atoms with Crippen molar-refractivity contribution in [1.82, 2.24) is 0 Å². The first kappa shape index (κ1) is 10.2. The van der Waals surface area contributed by atoms with Gasteiger partial charge in [-0.1, -0.05) is 24.3 Å². The van der Waals surface area contributed by atoms with E-state index in [0.29, 0.717) is 16.9 Å². The lowest BCUT2D eigenvalue weighted by molar-refractivity contribution is 0.112. The Balaban J connectivity index is 2.94. The Hall–Kier alpha value is -2.34. The van der Waals surface area contributed by atoms with Crippen LogP contribution in [0.3, 0.4) is 0 Å². The fourth-order valence-electron chi connectivity index (χ4n) is 1.78. The molecule has 0 unspecified atom stereocenters. The zero-order chi connectivity index (χ0) is 11.5. The molecule has 0 aliphatic heterocycles. The lowest BCUT2D eigenvalue weighted by Gasteiger charge is -2.09. The van der Waals surface area contributed by atoms with E-state index in [2.05, 4.69) is 0 Å². The molecular formula is C13H9NO2. The normalized spacial score (nSPS) is 9.75. The molecule has 2 aromatic rings. The average molecular weight is 211 g/mol. The summed E-state index contributed by atoms with van der Waals surface area (Å²) in [5.41, 5.74) is 0.806. The molecule has 2 aromatic carbocycles. The fraction of sp³-hybridized carbons (Fsp3) is 0.0769. The molecule has 0 aliphatic rings. The van der Waals surface area contributed by atoms with Gasteiger partial charge in [0.1, 0.15) is 11.8 Å². The van der Waals surface area contributed by atoms with E-state index in [0.717, 1.165) is 17.1 Å². The molecule has 0 aromatic heterocycles. The molecule has 0 heterocycles. The predicted octanol–water partition coefficient (Wildman–Crippen LogP) is 2.53. The first-order valence-corrected chi connectivity index (χ1v) is 4.77. The van der Waals surface area contributed by atoms with Gasteiger partial charge in [-0.3, -0.25) is 4.79 Å². The molecule has 0 saturated heterocycles. The van der Waals surface area contributed by atoms with E-state index in [4.69, 9.17) is 10.00 Å². The summed E-state index contributed by atoms with van der Waals surface area (Å²) < 4.78 is 5.11. The van der Waals surface area contributed by atoms with Gasteiger partial charge in [0.05, 0.1) is 18.2 Å². The molecule has 0 amide bonds. The summed E-state index contributed by atoms with van der Waals surface area (Å²) in [6, 6.07) is 11.2. The molecule has 16 heavy (non-hydrogen) atoms. The highest BCUT2D eigenvalue weighted by Gasteiger charge is 2.12. The molecule has 78 valence electrons. The third-order valence-electron chi connectivity index (χ3n) is 2.48. The minimum absolute atomic E-state index is 0.344. The van der Waals surface area contributed by atoms with Crippen molar-refractivity contribution in [2.45, 2.75) is 0 Å². The molecule has 0 atom stereocenters. The largest absolute Gasteiger partial charge is 0.495 e.